The van der Waals surface area contributed by atoms with Gasteiger partial charge >= 0.3 is 0 Å². The van der Waals surface area contributed by atoms with E-state index < -0.39 is 11.6 Å². The predicted molar refractivity (Wildman–Crippen MR) is 176 cm³/mol. The Bertz CT molecular complexity index is 1270. The Morgan fingerprint density at radius 1 is 1.02 bits per heavy atom. The highest BCUT2D eigenvalue weighted by atomic mass is 16.5. The zero-order valence-electron chi connectivity index (χ0n) is 27.2. The van der Waals surface area contributed by atoms with E-state index in [1.165, 1.54) is 0 Å². The lowest BCUT2D eigenvalue weighted by Crippen LogP contribution is -2.60. The van der Waals surface area contributed by atoms with Crippen molar-refractivity contribution in [2.45, 2.75) is 57.5 Å². The van der Waals surface area contributed by atoms with E-state index >= 15 is 0 Å². The summed E-state index contributed by atoms with van der Waals surface area (Å²) in [4.78, 5) is 50.1. The fourth-order valence-electron chi connectivity index (χ4n) is 7.06. The van der Waals surface area contributed by atoms with Crippen molar-refractivity contribution in [3.8, 4) is 5.75 Å². The maximum atomic E-state index is 14.2. The molecule has 0 radical (unpaired) electrons. The fourth-order valence-corrected chi connectivity index (χ4v) is 7.06. The average molecular weight is 619 g/mol. The first kappa shape index (κ1) is 32.8. The summed E-state index contributed by atoms with van der Waals surface area (Å²) in [6, 6.07) is 17.1. The highest BCUT2D eigenvalue weighted by Crippen LogP contribution is 2.39. The second-order valence-corrected chi connectivity index (χ2v) is 12.5. The van der Waals surface area contributed by atoms with Gasteiger partial charge < -0.3 is 35.0 Å². The maximum absolute atomic E-state index is 14.2. The van der Waals surface area contributed by atoms with Crippen LogP contribution in [0.15, 0.2) is 54.6 Å². The number of hydrogen-bond donors (Lipinski definition) is 2. The van der Waals surface area contributed by atoms with Crippen LogP contribution >= 0.6 is 0 Å². The summed E-state index contributed by atoms with van der Waals surface area (Å²) < 4.78 is 5.31. The molecule has 0 aliphatic carbocycles. The second-order valence-electron chi connectivity index (χ2n) is 12.5. The van der Waals surface area contributed by atoms with E-state index in [4.69, 9.17) is 4.74 Å². The summed E-state index contributed by atoms with van der Waals surface area (Å²) >= 11 is 0. The number of likely N-dealkylation sites (N-methyl/N-ethyl adjacent to an activating group) is 1. The Morgan fingerprint density at radius 3 is 2.31 bits per heavy atom. The van der Waals surface area contributed by atoms with Crippen LogP contribution in [0.3, 0.4) is 0 Å². The zero-order valence-corrected chi connectivity index (χ0v) is 27.2. The van der Waals surface area contributed by atoms with Gasteiger partial charge in [-0.2, -0.15) is 0 Å². The third kappa shape index (κ3) is 7.44. The first-order valence-corrected chi connectivity index (χ1v) is 16.7. The molecule has 10 nitrogen and oxygen atoms in total. The van der Waals surface area contributed by atoms with E-state index in [1.54, 1.807) is 7.11 Å². The van der Waals surface area contributed by atoms with Crippen LogP contribution in [-0.4, -0.2) is 110 Å². The van der Waals surface area contributed by atoms with Crippen LogP contribution in [0.5, 0.6) is 5.75 Å². The largest absolute Gasteiger partial charge is 0.497 e. The quantitative estimate of drug-likeness (QED) is 0.378. The van der Waals surface area contributed by atoms with Gasteiger partial charge in [0.05, 0.1) is 13.8 Å². The number of carbonyl (C=O) groups is 3. The van der Waals surface area contributed by atoms with Crippen molar-refractivity contribution in [1.82, 2.24) is 25.3 Å². The molecule has 3 aliphatic heterocycles. The van der Waals surface area contributed by atoms with Gasteiger partial charge in [-0.25, -0.2) is 0 Å². The Hall–Kier alpha value is -3.63. The van der Waals surface area contributed by atoms with E-state index in [9.17, 15) is 14.4 Å². The number of hydrogen-bond acceptors (Lipinski definition) is 7. The second kappa shape index (κ2) is 15.1. The highest BCUT2D eigenvalue weighted by molar-refractivity contribution is 5.94. The molecule has 3 aliphatic rings. The molecule has 0 saturated carbocycles. The number of anilines is 1. The molecule has 0 unspecified atom stereocenters. The normalized spacial score (nSPS) is 19.3. The van der Waals surface area contributed by atoms with Crippen molar-refractivity contribution < 1.29 is 19.1 Å². The maximum Gasteiger partial charge on any atom is 0.250 e. The number of carbonyl (C=O) groups excluding carboxylic acids is 3. The van der Waals surface area contributed by atoms with Crippen molar-refractivity contribution in [2.75, 3.05) is 71.0 Å². The van der Waals surface area contributed by atoms with Gasteiger partial charge in [-0.3, -0.25) is 14.4 Å². The summed E-state index contributed by atoms with van der Waals surface area (Å²) in [5, 5.41) is 6.44. The van der Waals surface area contributed by atoms with Crippen LogP contribution in [0, 0.1) is 5.92 Å². The zero-order chi connectivity index (χ0) is 31.8. The Balaban J connectivity index is 1.32. The lowest BCUT2D eigenvalue weighted by atomic mass is 9.85. The topological polar surface area (TPSA) is 97.5 Å². The van der Waals surface area contributed by atoms with Crippen molar-refractivity contribution in [3.63, 3.8) is 0 Å². The number of ether oxygens (including phenoxy) is 1. The Labute approximate surface area is 268 Å². The van der Waals surface area contributed by atoms with E-state index in [-0.39, 0.29) is 23.6 Å². The molecule has 3 fully saturated rings. The van der Waals surface area contributed by atoms with Crippen LogP contribution in [0.4, 0.5) is 5.69 Å². The molecule has 3 amide bonds. The Morgan fingerprint density at radius 2 is 1.69 bits per heavy atom. The number of nitrogens with zero attached hydrogens (tertiary/aromatic N) is 4. The summed E-state index contributed by atoms with van der Waals surface area (Å²) in [5.74, 6) is 0.663. The number of para-hydroxylation sites is 1. The highest BCUT2D eigenvalue weighted by Gasteiger charge is 2.54. The number of amides is 3. The minimum absolute atomic E-state index is 0.0538. The van der Waals surface area contributed by atoms with Crippen molar-refractivity contribution >= 4 is 23.4 Å². The first-order chi connectivity index (χ1) is 21.9. The van der Waals surface area contributed by atoms with Crippen molar-refractivity contribution in [2.24, 2.45) is 5.92 Å². The summed E-state index contributed by atoms with van der Waals surface area (Å²) in [6.07, 6.45) is 3.03. The van der Waals surface area contributed by atoms with Crippen molar-refractivity contribution in [3.05, 3.63) is 60.2 Å². The molecule has 3 saturated heterocycles. The smallest absolute Gasteiger partial charge is 0.250 e. The number of piperidine rings is 2. The molecule has 1 spiro atoms. The lowest BCUT2D eigenvalue weighted by molar-refractivity contribution is -0.141. The number of benzene rings is 2. The van der Waals surface area contributed by atoms with Gasteiger partial charge in [0.25, 0.3) is 0 Å². The number of likely N-dealkylation sites (tertiary alicyclic amines) is 1. The SMILES string of the molecule is CCN(CC)CCN1CN(c2ccccc2)C2(CCN(C(=O)[C@@H](Cc3ccc(OC)cc3)NC(=O)C3CCNCC3)CC2)C1=O. The third-order valence-corrected chi connectivity index (χ3v) is 9.99. The molecule has 0 bridgehead atoms. The van der Waals surface area contributed by atoms with Gasteiger partial charge in [-0.15, -0.1) is 0 Å². The third-order valence-electron chi connectivity index (χ3n) is 9.99. The van der Waals surface area contributed by atoms with Crippen LogP contribution < -0.4 is 20.3 Å². The molecule has 2 aromatic carbocycles. The average Bonchev–Trinajstić information content (AvgIpc) is 3.36. The van der Waals surface area contributed by atoms with Gasteiger partial charge in [0.1, 0.15) is 17.3 Å². The molecular formula is C35H50N6O4. The molecular weight excluding hydrogens is 568 g/mol. The van der Waals surface area contributed by atoms with E-state index in [1.807, 2.05) is 52.3 Å². The van der Waals surface area contributed by atoms with Gasteiger partial charge in [-0.1, -0.05) is 44.2 Å². The molecule has 2 N–H and O–H groups in total. The minimum atomic E-state index is -0.689. The standard InChI is InChI=1S/C35H50N6O4/c1-4-38(5-2)23-24-40-26-41(29-9-7-6-8-10-29)35(34(40)44)17-21-39(22-18-35)33(43)31(25-27-11-13-30(45-3)14-12-27)37-32(42)28-15-19-36-20-16-28/h6-14,28,31,36H,4-5,15-26H2,1-3H3,(H,37,42)/t31-/m1/s1. The van der Waals surface area contributed by atoms with E-state index in [2.05, 4.69) is 46.4 Å². The first-order valence-electron chi connectivity index (χ1n) is 16.7. The Kier molecular flexibility index (Phi) is 11.0. The lowest BCUT2D eigenvalue weighted by Gasteiger charge is -2.44. The molecule has 45 heavy (non-hydrogen) atoms. The molecule has 5 rings (SSSR count). The van der Waals surface area contributed by atoms with Gasteiger partial charge in [0.15, 0.2) is 0 Å². The van der Waals surface area contributed by atoms with Crippen LogP contribution in [-0.2, 0) is 20.8 Å². The number of methoxy groups -OCH3 is 1. The molecule has 244 valence electrons. The number of rotatable bonds is 12. The van der Waals surface area contributed by atoms with Crippen LogP contribution in [0.2, 0.25) is 0 Å². The molecule has 0 aromatic heterocycles. The predicted octanol–water partition coefficient (Wildman–Crippen LogP) is 2.73. The molecule has 1 atom stereocenters. The molecule has 10 heteroatoms. The summed E-state index contributed by atoms with van der Waals surface area (Å²) in [6.45, 7) is 10.8. The fraction of sp³-hybridized carbons (Fsp3) is 0.571. The van der Waals surface area contributed by atoms with E-state index in [0.717, 1.165) is 62.6 Å². The molecule has 3 heterocycles. The van der Waals surface area contributed by atoms with Gasteiger partial charge in [-0.05, 0) is 81.7 Å². The van der Waals surface area contributed by atoms with Crippen molar-refractivity contribution in [1.29, 1.82) is 0 Å². The van der Waals surface area contributed by atoms with E-state index in [0.29, 0.717) is 45.6 Å². The molecule has 2 aromatic rings. The monoisotopic (exact) mass is 618 g/mol. The minimum Gasteiger partial charge on any atom is -0.497 e. The van der Waals surface area contributed by atoms with Gasteiger partial charge in [0, 0.05) is 44.2 Å². The van der Waals surface area contributed by atoms with Gasteiger partial charge in [0.2, 0.25) is 17.7 Å². The van der Waals surface area contributed by atoms with Crippen LogP contribution in [0.25, 0.3) is 0 Å². The summed E-state index contributed by atoms with van der Waals surface area (Å²) in [5.41, 5.74) is 1.30. The number of nitrogens with one attached hydrogen (secondary N) is 2. The summed E-state index contributed by atoms with van der Waals surface area (Å²) in [7, 11) is 1.63. The van der Waals surface area contributed by atoms with Crippen LogP contribution in [0.1, 0.15) is 45.1 Å².